The number of benzene rings is 2. The zero-order chi connectivity index (χ0) is 19.7. The van der Waals surface area contributed by atoms with E-state index in [4.69, 9.17) is 9.47 Å². The smallest absolute Gasteiger partial charge is 0.160 e. The lowest BCUT2D eigenvalue weighted by molar-refractivity contribution is -0.945. The van der Waals surface area contributed by atoms with Gasteiger partial charge in [-0.15, -0.1) is 0 Å². The Hall–Kier alpha value is -2.20. The Bertz CT molecular complexity index is 846. The lowest BCUT2D eigenvalue weighted by Gasteiger charge is -2.48. The molecule has 2 aromatic carbocycles. The second-order valence-corrected chi connectivity index (χ2v) is 8.72. The molecule has 0 amide bonds. The van der Waals surface area contributed by atoms with E-state index in [2.05, 4.69) is 31.3 Å². The summed E-state index contributed by atoms with van der Waals surface area (Å²) in [6.45, 7) is 2.40. The summed E-state index contributed by atoms with van der Waals surface area (Å²) >= 11 is 0. The first-order valence-corrected chi connectivity index (χ1v) is 10.4. The summed E-state index contributed by atoms with van der Waals surface area (Å²) < 4.78 is 11.8. The van der Waals surface area contributed by atoms with Crippen LogP contribution >= 0.6 is 0 Å². The predicted octanol–water partition coefficient (Wildman–Crippen LogP) is 4.50. The Morgan fingerprint density at radius 2 is 1.89 bits per heavy atom. The minimum absolute atomic E-state index is 0.221. The predicted molar refractivity (Wildman–Crippen MR) is 111 cm³/mol. The third-order valence-electron chi connectivity index (χ3n) is 6.93. The standard InChI is InChI=1S/C24H31NO3/c1-25(16-17-5-4-6-17)12-11-19-15-20(27-2)8-9-21(19)22(25)13-18-7-10-24(28-3)23(26)14-18/h7-10,14-15,17,22H,4-6,11-13,16H2,1-3H3/p+1/t22-,25-/m0/s1. The quantitative estimate of drug-likeness (QED) is 0.748. The van der Waals surface area contributed by atoms with Crippen LogP contribution in [-0.2, 0) is 12.8 Å². The Morgan fingerprint density at radius 1 is 1.07 bits per heavy atom. The van der Waals surface area contributed by atoms with Crippen LogP contribution in [0.2, 0.25) is 0 Å². The van der Waals surface area contributed by atoms with Crippen LogP contribution in [0, 0.1) is 5.92 Å². The fraction of sp³-hybridized carbons (Fsp3) is 0.500. The molecule has 0 bridgehead atoms. The fourth-order valence-corrected chi connectivity index (χ4v) is 5.02. The summed E-state index contributed by atoms with van der Waals surface area (Å²) in [5.41, 5.74) is 4.00. The molecule has 150 valence electrons. The summed E-state index contributed by atoms with van der Waals surface area (Å²) in [6.07, 6.45) is 6.15. The Morgan fingerprint density at radius 3 is 2.54 bits per heavy atom. The van der Waals surface area contributed by atoms with Crippen molar-refractivity contribution in [3.63, 3.8) is 0 Å². The van der Waals surface area contributed by atoms with Crippen molar-refractivity contribution in [3.05, 3.63) is 53.1 Å². The van der Waals surface area contributed by atoms with Crippen molar-refractivity contribution < 1.29 is 19.1 Å². The zero-order valence-corrected chi connectivity index (χ0v) is 17.3. The molecule has 1 fully saturated rings. The average Bonchev–Trinajstić information content (AvgIpc) is 2.67. The number of hydrogen-bond acceptors (Lipinski definition) is 3. The van der Waals surface area contributed by atoms with Gasteiger partial charge in [-0.3, -0.25) is 0 Å². The van der Waals surface area contributed by atoms with Gasteiger partial charge in [0.15, 0.2) is 11.5 Å². The van der Waals surface area contributed by atoms with E-state index in [1.807, 2.05) is 12.1 Å². The van der Waals surface area contributed by atoms with Crippen LogP contribution in [0.25, 0.3) is 0 Å². The van der Waals surface area contributed by atoms with Gasteiger partial charge in [0.05, 0.1) is 34.4 Å². The number of hydrogen-bond donors (Lipinski definition) is 1. The van der Waals surface area contributed by atoms with Crippen molar-refractivity contribution >= 4 is 0 Å². The SMILES string of the molecule is COc1ccc2c(c1)CC[N@@+](C)(CC1CCC1)[C@H]2Cc1ccc(OC)c(O)c1. The summed E-state index contributed by atoms with van der Waals surface area (Å²) in [5.74, 6) is 2.55. The molecule has 1 N–H and O–H groups in total. The van der Waals surface area contributed by atoms with Crippen molar-refractivity contribution in [1.82, 2.24) is 0 Å². The summed E-state index contributed by atoms with van der Waals surface area (Å²) in [4.78, 5) is 0. The van der Waals surface area contributed by atoms with E-state index < -0.39 is 0 Å². The molecule has 2 aliphatic rings. The molecule has 1 saturated carbocycles. The van der Waals surface area contributed by atoms with E-state index >= 15 is 0 Å². The number of ether oxygens (including phenoxy) is 2. The minimum atomic E-state index is 0.221. The second kappa shape index (κ2) is 7.67. The third kappa shape index (κ3) is 3.58. The molecule has 1 heterocycles. The minimum Gasteiger partial charge on any atom is -0.504 e. The van der Waals surface area contributed by atoms with Gasteiger partial charge in [-0.05, 0) is 54.3 Å². The maximum Gasteiger partial charge on any atom is 0.160 e. The molecule has 2 atom stereocenters. The largest absolute Gasteiger partial charge is 0.504 e. The van der Waals surface area contributed by atoms with Crippen molar-refractivity contribution in [3.8, 4) is 17.2 Å². The number of likely N-dealkylation sites (N-methyl/N-ethyl adjacent to an activating group) is 1. The number of phenols is 1. The molecule has 2 aromatic rings. The van der Waals surface area contributed by atoms with Crippen molar-refractivity contribution in [2.24, 2.45) is 5.92 Å². The highest BCUT2D eigenvalue weighted by molar-refractivity contribution is 5.43. The highest BCUT2D eigenvalue weighted by Crippen LogP contribution is 2.42. The average molecular weight is 383 g/mol. The number of aromatic hydroxyl groups is 1. The number of fused-ring (bicyclic) bond motifs is 1. The molecule has 28 heavy (non-hydrogen) atoms. The van der Waals surface area contributed by atoms with E-state index in [1.165, 1.54) is 36.9 Å². The topological polar surface area (TPSA) is 38.7 Å². The van der Waals surface area contributed by atoms with Gasteiger partial charge in [0, 0.05) is 24.3 Å². The maximum absolute atomic E-state index is 10.3. The number of rotatable bonds is 6. The molecular weight excluding hydrogens is 350 g/mol. The molecule has 0 saturated heterocycles. The molecule has 1 aliphatic carbocycles. The number of phenolic OH excluding ortho intramolecular Hbond substituents is 1. The molecule has 4 rings (SSSR count). The van der Waals surface area contributed by atoms with Crippen molar-refractivity contribution in [1.29, 1.82) is 0 Å². The van der Waals surface area contributed by atoms with Crippen LogP contribution in [0.4, 0.5) is 0 Å². The molecule has 0 aromatic heterocycles. The first-order valence-electron chi connectivity index (χ1n) is 10.4. The summed E-state index contributed by atoms with van der Waals surface area (Å²) in [7, 11) is 5.75. The van der Waals surface area contributed by atoms with E-state index in [9.17, 15) is 5.11 Å². The third-order valence-corrected chi connectivity index (χ3v) is 6.93. The zero-order valence-electron chi connectivity index (χ0n) is 17.3. The Kier molecular flexibility index (Phi) is 5.24. The van der Waals surface area contributed by atoms with Gasteiger partial charge in [-0.1, -0.05) is 12.5 Å². The Labute approximate surface area is 168 Å². The van der Waals surface area contributed by atoms with E-state index in [0.29, 0.717) is 11.8 Å². The van der Waals surface area contributed by atoms with Crippen LogP contribution in [0.5, 0.6) is 17.2 Å². The monoisotopic (exact) mass is 382 g/mol. The van der Waals surface area contributed by atoms with Gasteiger partial charge in [-0.2, -0.15) is 0 Å². The van der Waals surface area contributed by atoms with Crippen LogP contribution in [0.1, 0.15) is 42.0 Å². The highest BCUT2D eigenvalue weighted by Gasteiger charge is 2.41. The van der Waals surface area contributed by atoms with Crippen LogP contribution in [0.3, 0.4) is 0 Å². The van der Waals surface area contributed by atoms with Crippen LogP contribution in [-0.4, -0.2) is 43.9 Å². The lowest BCUT2D eigenvalue weighted by Crippen LogP contribution is -2.55. The van der Waals surface area contributed by atoms with Gasteiger partial charge in [0.25, 0.3) is 0 Å². The second-order valence-electron chi connectivity index (χ2n) is 8.72. The molecule has 0 spiro atoms. The van der Waals surface area contributed by atoms with Gasteiger partial charge in [-0.25, -0.2) is 0 Å². The first-order chi connectivity index (χ1) is 13.5. The summed E-state index contributed by atoms with van der Waals surface area (Å²) in [6, 6.07) is 12.8. The first kappa shape index (κ1) is 19.1. The van der Waals surface area contributed by atoms with Crippen molar-refractivity contribution in [2.45, 2.75) is 38.1 Å². The fourth-order valence-electron chi connectivity index (χ4n) is 5.02. The molecular formula is C24H32NO3+. The van der Waals surface area contributed by atoms with E-state index in [-0.39, 0.29) is 5.75 Å². The van der Waals surface area contributed by atoms with Gasteiger partial charge in [0.1, 0.15) is 11.8 Å². The Balaban J connectivity index is 1.68. The molecule has 0 unspecified atom stereocenters. The molecule has 4 heteroatoms. The molecule has 0 radical (unpaired) electrons. The lowest BCUT2D eigenvalue weighted by atomic mass is 9.81. The molecule has 1 aliphatic heterocycles. The summed E-state index contributed by atoms with van der Waals surface area (Å²) in [5, 5.41) is 10.3. The van der Waals surface area contributed by atoms with Crippen molar-refractivity contribution in [2.75, 3.05) is 34.4 Å². The highest BCUT2D eigenvalue weighted by atomic mass is 16.5. The number of quaternary nitrogens is 1. The van der Waals surface area contributed by atoms with Crippen LogP contribution in [0.15, 0.2) is 36.4 Å². The van der Waals surface area contributed by atoms with E-state index in [1.54, 1.807) is 14.2 Å². The van der Waals surface area contributed by atoms with Gasteiger partial charge >= 0.3 is 0 Å². The molecule has 4 nitrogen and oxygen atoms in total. The van der Waals surface area contributed by atoms with Crippen LogP contribution < -0.4 is 9.47 Å². The normalized spacial score (nSPS) is 24.3. The van der Waals surface area contributed by atoms with Gasteiger partial charge in [0.2, 0.25) is 0 Å². The maximum atomic E-state index is 10.3. The number of methoxy groups -OCH3 is 2. The van der Waals surface area contributed by atoms with E-state index in [0.717, 1.165) is 41.1 Å². The number of nitrogens with zero attached hydrogens (tertiary/aromatic N) is 1. The van der Waals surface area contributed by atoms with Gasteiger partial charge < -0.3 is 19.1 Å².